The summed E-state index contributed by atoms with van der Waals surface area (Å²) in [6.07, 6.45) is -3.14. The highest BCUT2D eigenvalue weighted by Crippen LogP contribution is 2.29. The molecule has 0 spiro atoms. The van der Waals surface area contributed by atoms with Gasteiger partial charge in [-0.1, -0.05) is 30.3 Å². The minimum Gasteiger partial charge on any atom is -0.396 e. The number of benzene rings is 2. The van der Waals surface area contributed by atoms with E-state index >= 15 is 0 Å². The van der Waals surface area contributed by atoms with Crippen molar-refractivity contribution in [1.29, 1.82) is 0 Å². The van der Waals surface area contributed by atoms with Crippen LogP contribution in [0.4, 0.5) is 18.9 Å². The molecule has 0 unspecified atom stereocenters. The topological polar surface area (TPSA) is 83.3 Å². The molecule has 25 heavy (non-hydrogen) atoms. The summed E-state index contributed by atoms with van der Waals surface area (Å²) in [4.78, 5) is 15.0. The van der Waals surface area contributed by atoms with Gasteiger partial charge in [-0.2, -0.15) is 18.3 Å². The number of aromatic nitrogens is 1. The average Bonchev–Trinajstić information content (AvgIpc) is 2.92. The molecule has 3 rings (SSSR count). The quantitative estimate of drug-likeness (QED) is 0.501. The van der Waals surface area contributed by atoms with Crippen molar-refractivity contribution in [1.82, 2.24) is 10.4 Å². The number of hydrazone groups is 1. The molecule has 0 saturated heterocycles. The van der Waals surface area contributed by atoms with E-state index in [1.54, 1.807) is 18.2 Å². The molecular weight excluding hydrogens is 333 g/mol. The number of carbonyl (C=O) groups excluding carboxylic acids is 1. The van der Waals surface area contributed by atoms with Crippen molar-refractivity contribution in [2.45, 2.75) is 6.18 Å². The number of nitrogens with one attached hydrogen (secondary N) is 2. The molecule has 0 bridgehead atoms. The van der Waals surface area contributed by atoms with Crippen molar-refractivity contribution in [2.75, 3.05) is 5.73 Å². The zero-order chi connectivity index (χ0) is 18.0. The van der Waals surface area contributed by atoms with E-state index in [9.17, 15) is 18.0 Å². The van der Waals surface area contributed by atoms with E-state index in [2.05, 4.69) is 15.5 Å². The normalized spacial score (nSPS) is 12.0. The fraction of sp³-hybridized carbons (Fsp3) is 0.0588. The predicted molar refractivity (Wildman–Crippen MR) is 89.2 cm³/mol. The largest absolute Gasteiger partial charge is 0.416 e. The average molecular weight is 346 g/mol. The highest BCUT2D eigenvalue weighted by Gasteiger charge is 2.29. The number of rotatable bonds is 3. The molecule has 2 aromatic carbocycles. The van der Waals surface area contributed by atoms with E-state index in [0.717, 1.165) is 23.0 Å². The fourth-order valence-corrected chi connectivity index (χ4v) is 2.32. The van der Waals surface area contributed by atoms with Crippen LogP contribution in [-0.2, 0) is 6.18 Å². The van der Waals surface area contributed by atoms with Gasteiger partial charge in [0.25, 0.3) is 5.91 Å². The van der Waals surface area contributed by atoms with Crippen LogP contribution >= 0.6 is 0 Å². The maximum absolute atomic E-state index is 12.5. The van der Waals surface area contributed by atoms with Crippen LogP contribution in [0.15, 0.2) is 53.6 Å². The third-order valence-corrected chi connectivity index (χ3v) is 3.59. The molecule has 0 aliphatic heterocycles. The molecule has 1 amide bonds. The molecule has 5 nitrogen and oxygen atoms in total. The van der Waals surface area contributed by atoms with Gasteiger partial charge in [0.1, 0.15) is 5.69 Å². The van der Waals surface area contributed by atoms with Gasteiger partial charge in [-0.15, -0.1) is 0 Å². The lowest BCUT2D eigenvalue weighted by atomic mass is 10.1. The SMILES string of the molecule is Nc1c(C(=O)N/N=C/c2ccc(C(F)(F)F)cc2)[nH]c2ccccc12. The maximum Gasteiger partial charge on any atom is 0.416 e. The van der Waals surface area contributed by atoms with Gasteiger partial charge in [0.2, 0.25) is 0 Å². The number of fused-ring (bicyclic) bond motifs is 1. The van der Waals surface area contributed by atoms with Crippen molar-refractivity contribution in [3.63, 3.8) is 0 Å². The van der Waals surface area contributed by atoms with Crippen molar-refractivity contribution >= 4 is 28.7 Å². The monoisotopic (exact) mass is 346 g/mol. The number of hydrogen-bond donors (Lipinski definition) is 3. The Hall–Kier alpha value is -3.29. The van der Waals surface area contributed by atoms with Gasteiger partial charge in [0.05, 0.1) is 17.5 Å². The molecule has 0 saturated carbocycles. The van der Waals surface area contributed by atoms with Crippen LogP contribution in [-0.4, -0.2) is 17.1 Å². The zero-order valence-electron chi connectivity index (χ0n) is 12.8. The number of nitrogen functional groups attached to an aromatic ring is 1. The van der Waals surface area contributed by atoms with Crippen LogP contribution in [0, 0.1) is 0 Å². The number of halogens is 3. The minimum atomic E-state index is -4.39. The number of amides is 1. The molecule has 0 atom stereocenters. The number of anilines is 1. The van der Waals surface area contributed by atoms with Gasteiger partial charge in [-0.25, -0.2) is 5.43 Å². The van der Waals surface area contributed by atoms with E-state index in [1.807, 2.05) is 6.07 Å². The van der Waals surface area contributed by atoms with E-state index in [1.165, 1.54) is 18.3 Å². The lowest BCUT2D eigenvalue weighted by molar-refractivity contribution is -0.137. The molecule has 0 fully saturated rings. The summed E-state index contributed by atoms with van der Waals surface area (Å²) in [6.45, 7) is 0. The van der Waals surface area contributed by atoms with E-state index in [-0.39, 0.29) is 5.69 Å². The summed E-state index contributed by atoms with van der Waals surface area (Å²) in [6, 6.07) is 11.6. The second kappa shape index (κ2) is 6.31. The number of aromatic amines is 1. The van der Waals surface area contributed by atoms with Gasteiger partial charge >= 0.3 is 6.18 Å². The first-order chi connectivity index (χ1) is 11.9. The Bertz CT molecular complexity index is 943. The molecule has 1 aromatic heterocycles. The molecule has 1 heterocycles. The first-order valence-corrected chi connectivity index (χ1v) is 7.23. The van der Waals surface area contributed by atoms with Gasteiger partial charge in [-0.3, -0.25) is 4.79 Å². The highest BCUT2D eigenvalue weighted by molar-refractivity contribution is 6.07. The first kappa shape index (κ1) is 16.6. The summed E-state index contributed by atoms with van der Waals surface area (Å²) in [7, 11) is 0. The van der Waals surface area contributed by atoms with Crippen LogP contribution < -0.4 is 11.2 Å². The molecule has 128 valence electrons. The number of carbonyl (C=O) groups is 1. The molecule has 8 heteroatoms. The first-order valence-electron chi connectivity index (χ1n) is 7.23. The Morgan fingerprint density at radius 3 is 2.44 bits per heavy atom. The highest BCUT2D eigenvalue weighted by atomic mass is 19.4. The Labute approximate surface area is 140 Å². The smallest absolute Gasteiger partial charge is 0.396 e. The number of para-hydroxylation sites is 1. The van der Waals surface area contributed by atoms with Crippen molar-refractivity contribution in [3.05, 3.63) is 65.4 Å². The van der Waals surface area contributed by atoms with Crippen LogP contribution in [0.25, 0.3) is 10.9 Å². The molecule has 3 aromatic rings. The van der Waals surface area contributed by atoms with Crippen LogP contribution in [0.1, 0.15) is 21.6 Å². The number of H-pyrrole nitrogens is 1. The number of nitrogens with zero attached hydrogens (tertiary/aromatic N) is 1. The number of nitrogens with two attached hydrogens (primary N) is 1. The van der Waals surface area contributed by atoms with E-state index < -0.39 is 17.6 Å². The Kier molecular flexibility index (Phi) is 4.18. The lowest BCUT2D eigenvalue weighted by Crippen LogP contribution is -2.19. The summed E-state index contributed by atoms with van der Waals surface area (Å²) in [5.41, 5.74) is 9.08. The Morgan fingerprint density at radius 1 is 1.12 bits per heavy atom. The van der Waals surface area contributed by atoms with Crippen molar-refractivity contribution in [3.8, 4) is 0 Å². The van der Waals surface area contributed by atoms with Crippen LogP contribution in [0.5, 0.6) is 0 Å². The maximum atomic E-state index is 12.5. The predicted octanol–water partition coefficient (Wildman–Crippen LogP) is 3.53. The van der Waals surface area contributed by atoms with Crippen LogP contribution in [0.3, 0.4) is 0 Å². The van der Waals surface area contributed by atoms with Gasteiger partial charge < -0.3 is 10.7 Å². The van der Waals surface area contributed by atoms with Crippen molar-refractivity contribution < 1.29 is 18.0 Å². The van der Waals surface area contributed by atoms with Gasteiger partial charge in [-0.05, 0) is 23.8 Å². The summed E-state index contributed by atoms with van der Waals surface area (Å²) in [5, 5.41) is 4.46. The minimum absolute atomic E-state index is 0.172. The molecular formula is C17H13F3N4O. The summed E-state index contributed by atoms with van der Waals surface area (Å²) >= 11 is 0. The van der Waals surface area contributed by atoms with Gasteiger partial charge in [0.15, 0.2) is 0 Å². The third kappa shape index (κ3) is 3.47. The molecule has 0 aliphatic carbocycles. The zero-order valence-corrected chi connectivity index (χ0v) is 12.8. The lowest BCUT2D eigenvalue weighted by Gasteiger charge is -2.05. The third-order valence-electron chi connectivity index (χ3n) is 3.59. The van der Waals surface area contributed by atoms with E-state index in [4.69, 9.17) is 5.73 Å². The summed E-state index contributed by atoms with van der Waals surface area (Å²) < 4.78 is 37.5. The van der Waals surface area contributed by atoms with E-state index in [0.29, 0.717) is 11.3 Å². The fourth-order valence-electron chi connectivity index (χ4n) is 2.32. The number of hydrogen-bond acceptors (Lipinski definition) is 3. The standard InChI is InChI=1S/C17H13F3N4O/c18-17(19,20)11-7-5-10(6-8-11)9-22-24-16(25)15-14(21)12-3-1-2-4-13(12)23-15/h1-9,23H,21H2,(H,24,25)/b22-9+. The molecule has 0 aliphatic rings. The molecule has 0 radical (unpaired) electrons. The Morgan fingerprint density at radius 2 is 1.80 bits per heavy atom. The van der Waals surface area contributed by atoms with Crippen LogP contribution in [0.2, 0.25) is 0 Å². The number of alkyl halides is 3. The summed E-state index contributed by atoms with van der Waals surface area (Å²) in [5.74, 6) is -0.545. The molecule has 4 N–H and O–H groups in total. The van der Waals surface area contributed by atoms with Crippen molar-refractivity contribution in [2.24, 2.45) is 5.10 Å². The second-order valence-corrected chi connectivity index (χ2v) is 5.28. The second-order valence-electron chi connectivity index (χ2n) is 5.28. The van der Waals surface area contributed by atoms with Gasteiger partial charge in [0, 0.05) is 10.9 Å². The Balaban J connectivity index is 1.71.